The van der Waals surface area contributed by atoms with Gasteiger partial charge in [0, 0.05) is 18.8 Å². The van der Waals surface area contributed by atoms with Gasteiger partial charge in [-0.25, -0.2) is 4.98 Å². The number of pyridine rings is 1. The minimum atomic E-state index is -0.573. The molecule has 0 radical (unpaired) electrons. The molecule has 80 valence electrons. The molecule has 1 aromatic rings. The van der Waals surface area contributed by atoms with Crippen LogP contribution in [0.4, 0.5) is 5.82 Å². The predicted molar refractivity (Wildman–Crippen MR) is 57.1 cm³/mol. The van der Waals surface area contributed by atoms with Gasteiger partial charge in [-0.3, -0.25) is 0 Å². The highest BCUT2D eigenvalue weighted by atomic mass is 16.3. The zero-order valence-corrected chi connectivity index (χ0v) is 8.51. The Labute approximate surface area is 88.6 Å². The number of aromatic nitrogens is 1. The molecular formula is C10H14N4O. The molecule has 5 nitrogen and oxygen atoms in total. The van der Waals surface area contributed by atoms with E-state index in [4.69, 9.17) is 16.1 Å². The summed E-state index contributed by atoms with van der Waals surface area (Å²) < 4.78 is 0. The van der Waals surface area contributed by atoms with E-state index >= 15 is 0 Å². The van der Waals surface area contributed by atoms with Gasteiger partial charge in [0.2, 0.25) is 0 Å². The van der Waals surface area contributed by atoms with Crippen LogP contribution >= 0.6 is 0 Å². The first-order valence-corrected chi connectivity index (χ1v) is 4.67. The molecule has 0 aromatic carbocycles. The van der Waals surface area contributed by atoms with Crippen molar-refractivity contribution in [1.82, 2.24) is 4.98 Å². The van der Waals surface area contributed by atoms with E-state index in [9.17, 15) is 0 Å². The topological polar surface area (TPSA) is 95.0 Å². The third-order valence-corrected chi connectivity index (χ3v) is 2.03. The zero-order chi connectivity index (χ0) is 11.3. The molecule has 0 aliphatic rings. The van der Waals surface area contributed by atoms with Gasteiger partial charge in [0.05, 0.1) is 17.7 Å². The first-order valence-electron chi connectivity index (χ1n) is 4.67. The number of aliphatic hydroxyl groups excluding tert-OH is 1. The van der Waals surface area contributed by atoms with Gasteiger partial charge in [-0.05, 0) is 19.1 Å². The summed E-state index contributed by atoms with van der Waals surface area (Å²) in [6.45, 7) is 2.05. The van der Waals surface area contributed by atoms with Crippen molar-refractivity contribution >= 4 is 5.82 Å². The third-order valence-electron chi connectivity index (χ3n) is 2.03. The number of aliphatic hydroxyl groups is 1. The Bertz CT molecular complexity index is 359. The van der Waals surface area contributed by atoms with E-state index in [1.54, 1.807) is 25.3 Å². The normalized spacial score (nSPS) is 14.0. The summed E-state index contributed by atoms with van der Waals surface area (Å²) in [5.74, 6) is 0.588. The summed E-state index contributed by atoms with van der Waals surface area (Å²) in [6, 6.07) is 4.93. The van der Waals surface area contributed by atoms with Crippen molar-refractivity contribution in [2.45, 2.75) is 19.1 Å². The first-order chi connectivity index (χ1) is 7.13. The lowest BCUT2D eigenvalue weighted by Crippen LogP contribution is -2.38. The van der Waals surface area contributed by atoms with Crippen molar-refractivity contribution in [1.29, 1.82) is 5.26 Å². The van der Waals surface area contributed by atoms with Crippen molar-refractivity contribution < 1.29 is 5.11 Å². The summed E-state index contributed by atoms with van der Waals surface area (Å²) in [5, 5.41) is 20.8. The van der Waals surface area contributed by atoms with Crippen LogP contribution in [0.5, 0.6) is 0 Å². The lowest BCUT2D eigenvalue weighted by molar-refractivity contribution is 0.168. The fourth-order valence-corrected chi connectivity index (χ4v) is 0.990. The van der Waals surface area contributed by atoms with E-state index in [1.807, 2.05) is 6.07 Å². The van der Waals surface area contributed by atoms with Crippen molar-refractivity contribution in [3.8, 4) is 6.07 Å². The highest BCUT2D eigenvalue weighted by Crippen LogP contribution is 2.05. The molecule has 2 atom stereocenters. The van der Waals surface area contributed by atoms with E-state index in [1.165, 1.54) is 0 Å². The number of anilines is 1. The Morgan fingerprint density at radius 1 is 1.73 bits per heavy atom. The maximum Gasteiger partial charge on any atom is 0.127 e. The second-order valence-electron chi connectivity index (χ2n) is 3.33. The fraction of sp³-hybridized carbons (Fsp3) is 0.400. The van der Waals surface area contributed by atoms with Gasteiger partial charge in [-0.15, -0.1) is 0 Å². The average molecular weight is 206 g/mol. The Hall–Kier alpha value is -1.64. The van der Waals surface area contributed by atoms with Crippen molar-refractivity contribution in [2.24, 2.45) is 5.73 Å². The molecule has 15 heavy (non-hydrogen) atoms. The van der Waals surface area contributed by atoms with Crippen LogP contribution in [0.15, 0.2) is 18.3 Å². The SMILES string of the molecule is CC(O)C(N)CNc1cc(C#N)ccn1. The van der Waals surface area contributed by atoms with Gasteiger partial charge in [-0.2, -0.15) is 5.26 Å². The largest absolute Gasteiger partial charge is 0.392 e. The number of hydrogen-bond acceptors (Lipinski definition) is 5. The molecule has 0 spiro atoms. The molecule has 1 heterocycles. The summed E-state index contributed by atoms with van der Waals surface area (Å²) in [7, 11) is 0. The van der Waals surface area contributed by atoms with Crippen LogP contribution in [0.3, 0.4) is 0 Å². The molecule has 0 fully saturated rings. The molecule has 4 N–H and O–H groups in total. The quantitative estimate of drug-likeness (QED) is 0.648. The number of nitrogens with two attached hydrogens (primary N) is 1. The number of nitrogens with zero attached hydrogens (tertiary/aromatic N) is 2. The molecule has 0 aliphatic heterocycles. The van der Waals surface area contributed by atoms with E-state index in [2.05, 4.69) is 10.3 Å². The highest BCUT2D eigenvalue weighted by Gasteiger charge is 2.08. The molecule has 1 rings (SSSR count). The van der Waals surface area contributed by atoms with Crippen LogP contribution in [0.2, 0.25) is 0 Å². The molecule has 0 aliphatic carbocycles. The number of hydrogen-bond donors (Lipinski definition) is 3. The monoisotopic (exact) mass is 206 g/mol. The van der Waals surface area contributed by atoms with E-state index in [0.717, 1.165) is 0 Å². The molecule has 0 saturated heterocycles. The number of nitriles is 1. The maximum absolute atomic E-state index is 9.16. The minimum Gasteiger partial charge on any atom is -0.392 e. The third kappa shape index (κ3) is 3.54. The van der Waals surface area contributed by atoms with Gasteiger partial charge in [0.1, 0.15) is 5.82 Å². The zero-order valence-electron chi connectivity index (χ0n) is 8.51. The summed E-state index contributed by atoms with van der Waals surface area (Å²) >= 11 is 0. The summed E-state index contributed by atoms with van der Waals surface area (Å²) in [6.07, 6.45) is 0.978. The number of nitrogens with one attached hydrogen (secondary N) is 1. The Morgan fingerprint density at radius 3 is 3.07 bits per heavy atom. The Morgan fingerprint density at radius 2 is 2.47 bits per heavy atom. The standard InChI is InChI=1S/C10H14N4O/c1-7(15)9(12)6-14-10-4-8(5-11)2-3-13-10/h2-4,7,9,15H,6,12H2,1H3,(H,13,14). The van der Waals surface area contributed by atoms with Gasteiger partial charge in [0.25, 0.3) is 0 Å². The first kappa shape index (κ1) is 11.4. The van der Waals surface area contributed by atoms with Crippen molar-refractivity contribution in [3.63, 3.8) is 0 Å². The van der Waals surface area contributed by atoms with Crippen LogP contribution in [-0.4, -0.2) is 28.8 Å². The molecule has 5 heteroatoms. The van der Waals surface area contributed by atoms with Crippen LogP contribution in [0, 0.1) is 11.3 Å². The molecule has 1 aromatic heterocycles. The van der Waals surface area contributed by atoms with Gasteiger partial charge in [0.15, 0.2) is 0 Å². The summed E-state index contributed by atoms with van der Waals surface area (Å²) in [5.41, 5.74) is 6.17. The van der Waals surface area contributed by atoms with Crippen molar-refractivity contribution in [2.75, 3.05) is 11.9 Å². The maximum atomic E-state index is 9.16. The second kappa shape index (κ2) is 5.29. The smallest absolute Gasteiger partial charge is 0.127 e. The van der Waals surface area contributed by atoms with Gasteiger partial charge < -0.3 is 16.2 Å². The summed E-state index contributed by atoms with van der Waals surface area (Å²) in [4.78, 5) is 4.02. The molecule has 2 unspecified atom stereocenters. The van der Waals surface area contributed by atoms with E-state index in [0.29, 0.717) is 17.9 Å². The predicted octanol–water partition coefficient (Wildman–Crippen LogP) is 0.0733. The van der Waals surface area contributed by atoms with Crippen LogP contribution in [-0.2, 0) is 0 Å². The fourth-order valence-electron chi connectivity index (χ4n) is 0.990. The Balaban J connectivity index is 2.55. The highest BCUT2D eigenvalue weighted by molar-refractivity contribution is 5.42. The van der Waals surface area contributed by atoms with E-state index in [-0.39, 0.29) is 6.04 Å². The molecule has 0 bridgehead atoms. The number of rotatable bonds is 4. The lowest BCUT2D eigenvalue weighted by atomic mass is 10.2. The van der Waals surface area contributed by atoms with Crippen LogP contribution in [0.1, 0.15) is 12.5 Å². The van der Waals surface area contributed by atoms with Crippen molar-refractivity contribution in [3.05, 3.63) is 23.9 Å². The molecule has 0 saturated carbocycles. The van der Waals surface area contributed by atoms with Gasteiger partial charge in [-0.1, -0.05) is 0 Å². The average Bonchev–Trinajstić information content (AvgIpc) is 2.26. The Kier molecular flexibility index (Phi) is 4.03. The minimum absolute atomic E-state index is 0.349. The second-order valence-corrected chi connectivity index (χ2v) is 3.33. The van der Waals surface area contributed by atoms with Crippen LogP contribution < -0.4 is 11.1 Å². The lowest BCUT2D eigenvalue weighted by Gasteiger charge is -2.15. The molecular weight excluding hydrogens is 192 g/mol. The van der Waals surface area contributed by atoms with Gasteiger partial charge >= 0.3 is 0 Å². The van der Waals surface area contributed by atoms with Crippen LogP contribution in [0.25, 0.3) is 0 Å². The molecule has 0 amide bonds. The van der Waals surface area contributed by atoms with E-state index < -0.39 is 6.10 Å².